The number of aromatic hydroxyl groups is 1. The van der Waals surface area contributed by atoms with Crippen molar-refractivity contribution in [1.82, 2.24) is 0 Å². The number of phenolic OH excluding ortho intramolecular Hbond substituents is 1. The van der Waals surface area contributed by atoms with Crippen molar-refractivity contribution in [3.05, 3.63) is 102 Å². The second-order valence-electron chi connectivity index (χ2n) is 10.4. The van der Waals surface area contributed by atoms with E-state index in [9.17, 15) is 35.8 Å². The molecule has 0 aliphatic carbocycles. The number of hydrogen-bond donors (Lipinski definition) is 5. The van der Waals surface area contributed by atoms with Crippen LogP contribution in [-0.2, 0) is 20.2 Å². The minimum Gasteiger partial charge on any atom is -0.505 e. The Hall–Kier alpha value is -5.55. The Morgan fingerprint density at radius 3 is 2.04 bits per heavy atom. The summed E-state index contributed by atoms with van der Waals surface area (Å²) in [6.07, 6.45) is 0. The molecule has 0 aliphatic heterocycles. The monoisotopic (exact) mass is 674 g/mol. The molecule has 5 rings (SSSR count). The van der Waals surface area contributed by atoms with Crippen LogP contribution in [0.4, 0.5) is 34.1 Å². The van der Waals surface area contributed by atoms with Gasteiger partial charge in [-0.1, -0.05) is 6.07 Å². The number of hydrogen-bond acceptors (Lipinski definition) is 11. The molecule has 0 radical (unpaired) electrons. The van der Waals surface area contributed by atoms with Crippen LogP contribution in [0.3, 0.4) is 0 Å². The second-order valence-corrected chi connectivity index (χ2v) is 13.2. The Balaban J connectivity index is 1.45. The molecule has 0 aliphatic rings. The summed E-state index contributed by atoms with van der Waals surface area (Å²) in [5.41, 5.74) is 8.12. The fourth-order valence-corrected chi connectivity index (χ4v) is 5.87. The van der Waals surface area contributed by atoms with Gasteiger partial charge in [-0.15, -0.1) is 10.2 Å². The van der Waals surface area contributed by atoms with Gasteiger partial charge in [0, 0.05) is 22.3 Å². The summed E-state index contributed by atoms with van der Waals surface area (Å²) in [4.78, 5) is 11.1. The molecule has 0 unspecified atom stereocenters. The summed E-state index contributed by atoms with van der Waals surface area (Å²) in [6, 6.07) is 20.7. The van der Waals surface area contributed by atoms with Crippen LogP contribution >= 0.6 is 0 Å². The van der Waals surface area contributed by atoms with Gasteiger partial charge in [0.1, 0.15) is 21.2 Å². The summed E-state index contributed by atoms with van der Waals surface area (Å²) >= 11 is 0. The van der Waals surface area contributed by atoms with Gasteiger partial charge in [0.25, 0.3) is 26.1 Å². The van der Waals surface area contributed by atoms with E-state index in [-0.39, 0.29) is 28.1 Å². The third-order valence-corrected chi connectivity index (χ3v) is 8.61. The number of amides is 1. The Labute approximate surface area is 268 Å². The number of benzene rings is 5. The fraction of sp³-hybridized carbons (Fsp3) is 0.0645. The summed E-state index contributed by atoms with van der Waals surface area (Å²) in [6.45, 7) is 3.36. The van der Waals surface area contributed by atoms with E-state index in [2.05, 4.69) is 25.8 Å². The van der Waals surface area contributed by atoms with Gasteiger partial charge in [-0.25, -0.2) is 0 Å². The highest BCUT2D eigenvalue weighted by Crippen LogP contribution is 2.43. The first kappa shape index (κ1) is 32.8. The second kappa shape index (κ2) is 12.7. The molecule has 6 N–H and O–H groups in total. The number of carbonyl (C=O) groups excluding carboxylic acids is 1. The van der Waals surface area contributed by atoms with Gasteiger partial charge in [0.15, 0.2) is 5.75 Å². The summed E-state index contributed by atoms with van der Waals surface area (Å²) in [5, 5.41) is 30.0. The normalized spacial score (nSPS) is 12.3. The van der Waals surface area contributed by atoms with Crippen molar-refractivity contribution in [2.45, 2.75) is 23.6 Å². The van der Waals surface area contributed by atoms with Gasteiger partial charge in [0.2, 0.25) is 0 Å². The highest BCUT2D eigenvalue weighted by Gasteiger charge is 2.23. The average molecular weight is 675 g/mol. The average Bonchev–Trinajstić information content (AvgIpc) is 3.00. The lowest BCUT2D eigenvalue weighted by Crippen LogP contribution is -2.11. The van der Waals surface area contributed by atoms with E-state index in [0.717, 1.165) is 12.1 Å². The first-order valence-electron chi connectivity index (χ1n) is 13.6. The zero-order chi connectivity index (χ0) is 34.1. The zero-order valence-electron chi connectivity index (χ0n) is 24.6. The van der Waals surface area contributed by atoms with Crippen LogP contribution < -0.4 is 11.1 Å². The van der Waals surface area contributed by atoms with Crippen LogP contribution in [0.1, 0.15) is 21.5 Å². The molecule has 0 saturated heterocycles. The predicted molar refractivity (Wildman–Crippen MR) is 175 cm³/mol. The zero-order valence-corrected chi connectivity index (χ0v) is 26.3. The van der Waals surface area contributed by atoms with Gasteiger partial charge in [-0.3, -0.25) is 13.9 Å². The Bertz CT molecular complexity index is 2340. The third kappa shape index (κ3) is 7.47. The minimum atomic E-state index is -4.97. The van der Waals surface area contributed by atoms with E-state index >= 15 is 0 Å². The van der Waals surface area contributed by atoms with Crippen molar-refractivity contribution in [2.24, 2.45) is 20.5 Å². The largest absolute Gasteiger partial charge is 0.505 e. The molecular formula is C31H26N6O8S2. The molecule has 240 valence electrons. The maximum Gasteiger partial charge on any atom is 0.296 e. The fourth-order valence-electron chi connectivity index (χ4n) is 4.50. The lowest BCUT2D eigenvalue weighted by atomic mass is 10.1. The summed E-state index contributed by atoms with van der Waals surface area (Å²) in [5.74, 6) is -0.986. The van der Waals surface area contributed by atoms with Gasteiger partial charge >= 0.3 is 0 Å². The molecule has 0 bridgehead atoms. The number of anilines is 2. The van der Waals surface area contributed by atoms with E-state index in [1.165, 1.54) is 30.3 Å². The summed E-state index contributed by atoms with van der Waals surface area (Å²) in [7, 11) is -9.69. The molecule has 0 spiro atoms. The SMILES string of the molecule is Cc1ccc(N=Nc2c(S(=O)(=O)O)cc3cc(N=Nc4ccc(NC(=O)c5ccc(N)cc5)cc4C)ccc3c2O)c(S(=O)(=O)O)c1. The smallest absolute Gasteiger partial charge is 0.296 e. The quantitative estimate of drug-likeness (QED) is 0.0629. The van der Waals surface area contributed by atoms with Crippen molar-refractivity contribution in [3.63, 3.8) is 0 Å². The van der Waals surface area contributed by atoms with Crippen molar-refractivity contribution >= 4 is 71.0 Å². The maximum absolute atomic E-state index is 12.5. The molecule has 47 heavy (non-hydrogen) atoms. The highest BCUT2D eigenvalue weighted by atomic mass is 32.2. The van der Waals surface area contributed by atoms with Crippen LogP contribution in [-0.4, -0.2) is 37.0 Å². The van der Waals surface area contributed by atoms with Gasteiger partial charge in [-0.05, 0) is 109 Å². The number of nitrogen functional groups attached to an aromatic ring is 1. The molecule has 1 amide bonds. The van der Waals surface area contributed by atoms with E-state index in [0.29, 0.717) is 33.8 Å². The summed E-state index contributed by atoms with van der Waals surface area (Å²) < 4.78 is 67.7. The Morgan fingerprint density at radius 2 is 1.38 bits per heavy atom. The third-order valence-electron chi connectivity index (χ3n) is 6.86. The maximum atomic E-state index is 12.5. The highest BCUT2D eigenvalue weighted by molar-refractivity contribution is 7.86. The van der Waals surface area contributed by atoms with E-state index in [1.807, 2.05) is 0 Å². The molecule has 0 fully saturated rings. The number of nitrogens with two attached hydrogens (primary N) is 1. The Morgan fingerprint density at radius 1 is 0.723 bits per heavy atom. The topological polar surface area (TPSA) is 234 Å². The van der Waals surface area contributed by atoms with Crippen LogP contribution in [0.25, 0.3) is 10.8 Å². The minimum absolute atomic E-state index is 0.113. The molecule has 0 atom stereocenters. The van der Waals surface area contributed by atoms with Crippen LogP contribution in [0.5, 0.6) is 5.75 Å². The van der Waals surface area contributed by atoms with Gasteiger partial charge in [0.05, 0.1) is 11.4 Å². The number of nitrogens with one attached hydrogen (secondary N) is 1. The first-order valence-corrected chi connectivity index (χ1v) is 16.4. The van der Waals surface area contributed by atoms with Crippen molar-refractivity contribution in [1.29, 1.82) is 0 Å². The standard InChI is InChI=1S/C31H26N6O8S2/c1-17-3-11-26(27(13-17)46(40,41)42)36-37-29-28(47(43,44)45)16-20-15-23(8-10-24(20)30(29)38)34-35-25-12-9-22(14-18(25)2)33-31(39)19-4-6-21(32)7-5-19/h3-16,38H,32H2,1-2H3,(H,33,39)(H,40,41,42)(H,43,44,45). The number of nitrogens with zero attached hydrogens (tertiary/aromatic N) is 4. The van der Waals surface area contributed by atoms with Crippen molar-refractivity contribution in [3.8, 4) is 5.75 Å². The van der Waals surface area contributed by atoms with Crippen LogP contribution in [0.2, 0.25) is 0 Å². The number of fused-ring (bicyclic) bond motifs is 1. The molecule has 5 aromatic rings. The van der Waals surface area contributed by atoms with Crippen molar-refractivity contribution in [2.75, 3.05) is 11.1 Å². The van der Waals surface area contributed by atoms with Crippen molar-refractivity contribution < 1.29 is 35.8 Å². The lowest BCUT2D eigenvalue weighted by molar-refractivity contribution is 0.102. The lowest BCUT2D eigenvalue weighted by Gasteiger charge is -2.10. The van der Waals surface area contributed by atoms with E-state index in [4.69, 9.17) is 5.73 Å². The van der Waals surface area contributed by atoms with E-state index < -0.39 is 41.5 Å². The molecule has 16 heteroatoms. The number of phenols is 1. The molecule has 5 aromatic carbocycles. The van der Waals surface area contributed by atoms with E-state index in [1.54, 1.807) is 56.3 Å². The number of carbonyl (C=O) groups is 1. The molecule has 0 saturated carbocycles. The van der Waals surface area contributed by atoms with Gasteiger partial charge < -0.3 is 16.2 Å². The number of aryl methyl sites for hydroxylation is 2. The Kier molecular flexibility index (Phi) is 8.86. The molecular weight excluding hydrogens is 649 g/mol. The van der Waals surface area contributed by atoms with Crippen LogP contribution in [0.15, 0.2) is 115 Å². The molecule has 14 nitrogen and oxygen atoms in total. The number of rotatable bonds is 8. The molecule has 0 heterocycles. The molecule has 0 aromatic heterocycles. The predicted octanol–water partition coefficient (Wildman–Crippen LogP) is 7.32. The first-order chi connectivity index (χ1) is 22.1. The van der Waals surface area contributed by atoms with Crippen LogP contribution in [0, 0.1) is 13.8 Å². The van der Waals surface area contributed by atoms with Gasteiger partial charge in [-0.2, -0.15) is 27.1 Å². The number of azo groups is 2.